The summed E-state index contributed by atoms with van der Waals surface area (Å²) in [4.78, 5) is 0. The van der Waals surface area contributed by atoms with Crippen LogP contribution in [0, 0.1) is 0 Å². The maximum absolute atomic E-state index is 12.7. The number of ether oxygens (including phenoxy) is 1. The summed E-state index contributed by atoms with van der Waals surface area (Å²) < 4.78 is 118. The highest BCUT2D eigenvalue weighted by molar-refractivity contribution is 7.80. The molecule has 0 atom stereocenters. The summed E-state index contributed by atoms with van der Waals surface area (Å²) in [5.41, 5.74) is 0. The molecule has 0 rings (SSSR count). The molecule has 0 aromatic carbocycles. The van der Waals surface area contributed by atoms with Gasteiger partial charge in [-0.15, -0.1) is 0 Å². The van der Waals surface area contributed by atoms with E-state index in [1.54, 1.807) is 0 Å². The van der Waals surface area contributed by atoms with Crippen LogP contribution in [-0.4, -0.2) is 44.4 Å². The Morgan fingerprint density at radius 1 is 0.889 bits per heavy atom. The van der Waals surface area contributed by atoms with Gasteiger partial charge in [-0.05, 0) is 0 Å². The van der Waals surface area contributed by atoms with Crippen molar-refractivity contribution in [1.29, 1.82) is 0 Å². The molecule has 0 saturated heterocycles. The summed E-state index contributed by atoms with van der Waals surface area (Å²) in [5.74, 6) is -5.96. The topological polar surface area (TPSA) is 72.8 Å². The number of hydrogen-bond acceptors (Lipinski definition) is 4. The minimum atomic E-state index is -6.41. The van der Waals surface area contributed by atoms with Gasteiger partial charge in [0.05, 0.1) is 13.2 Å². The van der Waals surface area contributed by atoms with Crippen molar-refractivity contribution >= 4 is 10.4 Å². The first-order valence-corrected chi connectivity index (χ1v) is 5.15. The van der Waals surface area contributed by atoms with Crippen LogP contribution in [0.1, 0.15) is 0 Å². The molecule has 0 spiro atoms. The predicted octanol–water partition coefficient (Wildman–Crippen LogP) is 1.61. The molecule has 0 radical (unpaired) electrons. The van der Waals surface area contributed by atoms with Gasteiger partial charge in [0.25, 0.3) is 0 Å². The molecule has 5 nitrogen and oxygen atoms in total. The number of hydrogen-bond donors (Lipinski definition) is 1. The van der Waals surface area contributed by atoms with Crippen molar-refractivity contribution in [1.82, 2.24) is 0 Å². The Labute approximate surface area is 95.4 Å². The van der Waals surface area contributed by atoms with Crippen molar-refractivity contribution in [3.05, 3.63) is 0 Å². The third kappa shape index (κ3) is 4.55. The van der Waals surface area contributed by atoms with E-state index in [0.29, 0.717) is 0 Å². The van der Waals surface area contributed by atoms with Gasteiger partial charge >= 0.3 is 28.6 Å². The van der Waals surface area contributed by atoms with Gasteiger partial charge in [-0.2, -0.15) is 39.2 Å². The molecule has 0 aliphatic carbocycles. The van der Waals surface area contributed by atoms with E-state index in [0.717, 1.165) is 0 Å². The molecule has 13 heteroatoms. The molecule has 18 heavy (non-hydrogen) atoms. The van der Waals surface area contributed by atoms with Gasteiger partial charge < -0.3 is 4.74 Å². The molecule has 0 unspecified atom stereocenters. The van der Waals surface area contributed by atoms with Gasteiger partial charge in [0.2, 0.25) is 0 Å². The highest BCUT2D eigenvalue weighted by Gasteiger charge is 2.74. The second-order valence-corrected chi connectivity index (χ2v) is 3.78. The van der Waals surface area contributed by atoms with Crippen molar-refractivity contribution in [2.45, 2.75) is 18.2 Å². The largest absolute Gasteiger partial charge is 0.458 e. The first kappa shape index (κ1) is 17.3. The zero-order valence-corrected chi connectivity index (χ0v) is 8.86. The fourth-order valence-corrected chi connectivity index (χ4v) is 0.925. The maximum atomic E-state index is 12.7. The third-order valence-electron chi connectivity index (χ3n) is 1.35. The Kier molecular flexibility index (Phi) is 4.96. The molecule has 110 valence electrons. The van der Waals surface area contributed by atoms with Crippen LogP contribution in [0.2, 0.25) is 0 Å². The predicted molar refractivity (Wildman–Crippen MR) is 39.4 cm³/mol. The van der Waals surface area contributed by atoms with E-state index >= 15 is 0 Å². The molecule has 0 amide bonds. The van der Waals surface area contributed by atoms with Crippen molar-refractivity contribution in [3.63, 3.8) is 0 Å². The lowest BCUT2D eigenvalue weighted by Gasteiger charge is -2.29. The highest BCUT2D eigenvalue weighted by Crippen LogP contribution is 2.46. The van der Waals surface area contributed by atoms with E-state index in [1.807, 2.05) is 0 Å². The van der Waals surface area contributed by atoms with E-state index < -0.39 is 41.8 Å². The van der Waals surface area contributed by atoms with Crippen molar-refractivity contribution < 1.29 is 52.6 Å². The van der Waals surface area contributed by atoms with Gasteiger partial charge in [-0.3, -0.25) is 4.55 Å². The zero-order valence-electron chi connectivity index (χ0n) is 8.05. The van der Waals surface area contributed by atoms with Crippen LogP contribution in [0.5, 0.6) is 0 Å². The smallest absolute Gasteiger partial charge is 0.329 e. The van der Waals surface area contributed by atoms with E-state index in [9.17, 15) is 39.2 Å². The Balaban J connectivity index is 4.67. The molecule has 0 aliphatic rings. The number of halogens is 7. The Hall–Kier alpha value is -0.660. The van der Waals surface area contributed by atoms with Crippen molar-refractivity contribution in [2.75, 3.05) is 13.2 Å². The van der Waals surface area contributed by atoms with Crippen LogP contribution in [0.3, 0.4) is 0 Å². The second-order valence-electron chi connectivity index (χ2n) is 2.69. The van der Waals surface area contributed by atoms with E-state index in [-0.39, 0.29) is 0 Å². The molecule has 0 aromatic rings. The zero-order chi connectivity index (χ0) is 14.8. The molecule has 0 bridgehead atoms. The van der Waals surface area contributed by atoms with E-state index in [1.165, 1.54) is 0 Å². The maximum Gasteiger partial charge on any atom is 0.458 e. The van der Waals surface area contributed by atoms with Gasteiger partial charge in [-0.25, -0.2) is 4.18 Å². The minimum absolute atomic E-state index is 1.43. The van der Waals surface area contributed by atoms with Crippen molar-refractivity contribution in [3.8, 4) is 0 Å². The minimum Gasteiger partial charge on any atom is -0.329 e. The lowest BCUT2D eigenvalue weighted by atomic mass is 10.3. The normalized spacial score (nSPS) is 14.9. The van der Waals surface area contributed by atoms with Gasteiger partial charge in [0, 0.05) is 0 Å². The van der Waals surface area contributed by atoms with Crippen LogP contribution in [0.4, 0.5) is 30.7 Å². The van der Waals surface area contributed by atoms with Crippen LogP contribution >= 0.6 is 0 Å². The summed E-state index contributed by atoms with van der Waals surface area (Å²) in [5, 5.41) is 0. The molecule has 0 aromatic heterocycles. The highest BCUT2D eigenvalue weighted by atomic mass is 32.3. The Bertz CT molecular complexity index is 357. The second kappa shape index (κ2) is 5.14. The van der Waals surface area contributed by atoms with Crippen molar-refractivity contribution in [2.24, 2.45) is 0 Å². The number of alkyl halides is 7. The molecule has 0 fully saturated rings. The summed E-state index contributed by atoms with van der Waals surface area (Å²) in [7, 11) is -5.08. The average Bonchev–Trinajstić information content (AvgIpc) is 2.06. The first-order chi connectivity index (χ1) is 7.71. The lowest BCUT2D eigenvalue weighted by molar-refractivity contribution is -0.430. The van der Waals surface area contributed by atoms with Crippen LogP contribution in [0.25, 0.3) is 0 Å². The van der Waals surface area contributed by atoms with Gasteiger partial charge in [0.1, 0.15) is 0 Å². The van der Waals surface area contributed by atoms with E-state index in [4.69, 9.17) is 4.55 Å². The molecule has 0 heterocycles. The van der Waals surface area contributed by atoms with Crippen LogP contribution in [0.15, 0.2) is 0 Å². The number of rotatable bonds is 5. The quantitative estimate of drug-likeness (QED) is 0.474. The lowest BCUT2D eigenvalue weighted by Crippen LogP contribution is -2.55. The fraction of sp³-hybridized carbons (Fsp3) is 1.00. The first-order valence-electron chi connectivity index (χ1n) is 3.79. The van der Waals surface area contributed by atoms with Crippen LogP contribution < -0.4 is 0 Å². The molecule has 0 saturated carbocycles. The fourth-order valence-electron chi connectivity index (χ4n) is 0.646. The Morgan fingerprint density at radius 3 is 1.56 bits per heavy atom. The third-order valence-corrected chi connectivity index (χ3v) is 1.81. The van der Waals surface area contributed by atoms with E-state index in [2.05, 4.69) is 8.92 Å². The molecular weight excluding hydrogens is 305 g/mol. The molecular formula is C5H5F7O5S. The standard InChI is InChI=1S/C5H5F7O5S/c6-3(4(7,8)9,5(10,11)12)16-1-2-17-18(13,14)15/h1-2H2,(H,13,14,15). The monoisotopic (exact) mass is 310 g/mol. The summed E-state index contributed by atoms with van der Waals surface area (Å²) in [6, 6.07) is 0. The van der Waals surface area contributed by atoms with Gasteiger partial charge in [0.15, 0.2) is 0 Å². The SMILES string of the molecule is O=S(=O)(O)OCCOC(F)(C(F)(F)F)C(F)(F)F. The summed E-state index contributed by atoms with van der Waals surface area (Å²) >= 11 is 0. The van der Waals surface area contributed by atoms with Crippen LogP contribution in [-0.2, 0) is 19.3 Å². The Morgan fingerprint density at radius 2 is 1.28 bits per heavy atom. The summed E-state index contributed by atoms with van der Waals surface area (Å²) in [6.45, 7) is -3.15. The average molecular weight is 310 g/mol. The molecule has 1 N–H and O–H groups in total. The van der Waals surface area contributed by atoms with Gasteiger partial charge in [-0.1, -0.05) is 0 Å². The molecule has 0 aliphatic heterocycles. The summed E-state index contributed by atoms with van der Waals surface area (Å²) in [6.07, 6.45) is -12.8.